The summed E-state index contributed by atoms with van der Waals surface area (Å²) in [5.41, 5.74) is 3.04. The molecule has 1 heterocycles. The van der Waals surface area contributed by atoms with Gasteiger partial charge >= 0.3 is 0 Å². The van der Waals surface area contributed by atoms with E-state index in [0.717, 1.165) is 19.0 Å². The topological polar surface area (TPSA) is 106 Å². The lowest BCUT2D eigenvalue weighted by atomic mass is 10.0. The predicted octanol–water partition coefficient (Wildman–Crippen LogP) is 2.44. The number of nitrogens with zero attached hydrogens (tertiary/aromatic N) is 4. The molecule has 9 nitrogen and oxygen atoms in total. The van der Waals surface area contributed by atoms with E-state index in [0.29, 0.717) is 42.1 Å². The number of carbonyl (C=O) groups is 3. The molecule has 2 aromatic carbocycles. The Kier molecular flexibility index (Phi) is 9.68. The number of rotatable bonds is 14. The fourth-order valence-corrected chi connectivity index (χ4v) is 3.86. The fraction of sp³-hybridized carbons (Fsp3) is 0.346. The second kappa shape index (κ2) is 13.1. The summed E-state index contributed by atoms with van der Waals surface area (Å²) in [6.45, 7) is 1.19. The number of nitrogens with one attached hydrogen (secondary N) is 1. The first-order chi connectivity index (χ1) is 17.0. The molecule has 0 bridgehead atoms. The Morgan fingerprint density at radius 1 is 1.17 bits per heavy atom. The molecule has 0 radical (unpaired) electrons. The Morgan fingerprint density at radius 2 is 1.97 bits per heavy atom. The summed E-state index contributed by atoms with van der Waals surface area (Å²) >= 11 is 0. The number of hydrogen-bond acceptors (Lipinski definition) is 7. The largest absolute Gasteiger partial charge is 0.487 e. The van der Waals surface area contributed by atoms with Gasteiger partial charge in [0.05, 0.1) is 12.2 Å². The normalized spacial score (nSPS) is 11.7. The molecular weight excluding hydrogens is 446 g/mol. The minimum Gasteiger partial charge on any atom is -0.487 e. The third kappa shape index (κ3) is 7.31. The number of aryl methyl sites for hydroxylation is 2. The van der Waals surface area contributed by atoms with E-state index in [2.05, 4.69) is 27.8 Å². The van der Waals surface area contributed by atoms with Crippen molar-refractivity contribution in [1.82, 2.24) is 25.2 Å². The molecular formula is C26H31N5O4. The Labute approximate surface area is 205 Å². The van der Waals surface area contributed by atoms with E-state index in [-0.39, 0.29) is 18.9 Å². The van der Waals surface area contributed by atoms with Gasteiger partial charge in [-0.05, 0) is 31.5 Å². The number of aromatic nitrogens is 3. The van der Waals surface area contributed by atoms with Gasteiger partial charge in [0, 0.05) is 37.7 Å². The number of hydrogen-bond donors (Lipinski definition) is 1. The standard InChI is InChI=1S/C26H31N5O4/c1-27-26(34)24(11-7-15-32)30(2)17-23-21(18-33)10-6-12-25(23)35-19-22-16-31(29-28-22)14-13-20-8-4-3-5-9-20/h3-6,8-10,12,15-16,18,24H,7,11,13-14,17,19H2,1-2H3,(H,27,34). The zero-order valence-electron chi connectivity index (χ0n) is 20.1. The van der Waals surface area contributed by atoms with Crippen molar-refractivity contribution in [1.29, 1.82) is 0 Å². The molecule has 35 heavy (non-hydrogen) atoms. The van der Waals surface area contributed by atoms with Crippen molar-refractivity contribution in [2.45, 2.75) is 45.0 Å². The van der Waals surface area contributed by atoms with Gasteiger partial charge in [-0.3, -0.25) is 19.2 Å². The Morgan fingerprint density at radius 3 is 2.69 bits per heavy atom. The van der Waals surface area contributed by atoms with Gasteiger partial charge in [0.25, 0.3) is 0 Å². The highest BCUT2D eigenvalue weighted by Crippen LogP contribution is 2.25. The van der Waals surface area contributed by atoms with E-state index in [1.807, 2.05) is 29.3 Å². The minimum absolute atomic E-state index is 0.187. The summed E-state index contributed by atoms with van der Waals surface area (Å²) in [7, 11) is 3.35. The molecule has 0 aliphatic heterocycles. The maximum absolute atomic E-state index is 12.4. The van der Waals surface area contributed by atoms with Crippen LogP contribution in [0.5, 0.6) is 5.75 Å². The molecule has 1 unspecified atom stereocenters. The van der Waals surface area contributed by atoms with E-state index in [4.69, 9.17) is 4.74 Å². The van der Waals surface area contributed by atoms with Crippen molar-refractivity contribution in [2.24, 2.45) is 0 Å². The Bertz CT molecular complexity index is 1120. The maximum atomic E-state index is 12.4. The quantitative estimate of drug-likeness (QED) is 0.356. The second-order valence-electron chi connectivity index (χ2n) is 8.23. The molecule has 0 aliphatic carbocycles. The van der Waals surface area contributed by atoms with Crippen LogP contribution >= 0.6 is 0 Å². The lowest BCUT2D eigenvalue weighted by Crippen LogP contribution is -2.43. The number of amides is 1. The number of carbonyl (C=O) groups excluding carboxylic acids is 3. The van der Waals surface area contributed by atoms with Crippen LogP contribution in [-0.4, -0.2) is 58.5 Å². The van der Waals surface area contributed by atoms with Gasteiger partial charge in [0.15, 0.2) is 6.29 Å². The molecule has 1 N–H and O–H groups in total. The molecule has 1 amide bonds. The van der Waals surface area contributed by atoms with Crippen LogP contribution < -0.4 is 10.1 Å². The van der Waals surface area contributed by atoms with Crippen LogP contribution in [0, 0.1) is 0 Å². The van der Waals surface area contributed by atoms with Crippen LogP contribution in [0.2, 0.25) is 0 Å². The Hall–Kier alpha value is -3.85. The van der Waals surface area contributed by atoms with E-state index < -0.39 is 6.04 Å². The van der Waals surface area contributed by atoms with Crippen molar-refractivity contribution in [3.05, 3.63) is 77.1 Å². The summed E-state index contributed by atoms with van der Waals surface area (Å²) in [6, 6.07) is 14.9. The molecule has 3 rings (SSSR count). The van der Waals surface area contributed by atoms with Crippen molar-refractivity contribution in [3.63, 3.8) is 0 Å². The first-order valence-electron chi connectivity index (χ1n) is 11.5. The molecule has 0 saturated heterocycles. The lowest BCUT2D eigenvalue weighted by Gasteiger charge is -2.27. The summed E-state index contributed by atoms with van der Waals surface area (Å²) in [4.78, 5) is 36.8. The molecule has 1 aromatic heterocycles. The van der Waals surface area contributed by atoms with E-state index in [9.17, 15) is 14.4 Å². The van der Waals surface area contributed by atoms with Gasteiger partial charge in [-0.15, -0.1) is 5.10 Å². The predicted molar refractivity (Wildman–Crippen MR) is 131 cm³/mol. The molecule has 0 spiro atoms. The van der Waals surface area contributed by atoms with Crippen LogP contribution in [0.4, 0.5) is 0 Å². The monoisotopic (exact) mass is 477 g/mol. The third-order valence-corrected chi connectivity index (χ3v) is 5.78. The summed E-state index contributed by atoms with van der Waals surface area (Å²) in [6.07, 6.45) is 4.91. The number of benzene rings is 2. The van der Waals surface area contributed by atoms with E-state index in [1.165, 1.54) is 5.56 Å². The first-order valence-corrected chi connectivity index (χ1v) is 11.5. The van der Waals surface area contributed by atoms with Gasteiger partial charge in [-0.1, -0.05) is 47.7 Å². The highest BCUT2D eigenvalue weighted by molar-refractivity contribution is 5.82. The van der Waals surface area contributed by atoms with Crippen molar-refractivity contribution in [3.8, 4) is 5.75 Å². The van der Waals surface area contributed by atoms with Crippen LogP contribution in [0.3, 0.4) is 0 Å². The molecule has 0 saturated carbocycles. The van der Waals surface area contributed by atoms with Crippen LogP contribution in [0.25, 0.3) is 0 Å². The van der Waals surface area contributed by atoms with Crippen LogP contribution in [-0.2, 0) is 35.7 Å². The van der Waals surface area contributed by atoms with Crippen LogP contribution in [0.1, 0.15) is 40.0 Å². The minimum atomic E-state index is -0.512. The molecule has 0 fully saturated rings. The summed E-state index contributed by atoms with van der Waals surface area (Å²) < 4.78 is 7.81. The lowest BCUT2D eigenvalue weighted by molar-refractivity contribution is -0.126. The third-order valence-electron chi connectivity index (χ3n) is 5.78. The molecule has 9 heteroatoms. The maximum Gasteiger partial charge on any atom is 0.237 e. The van der Waals surface area contributed by atoms with Gasteiger partial charge in [0.1, 0.15) is 24.3 Å². The number of ether oxygens (including phenoxy) is 1. The number of likely N-dealkylation sites (N-methyl/N-ethyl adjacent to an activating group) is 2. The highest BCUT2D eigenvalue weighted by Gasteiger charge is 2.24. The summed E-state index contributed by atoms with van der Waals surface area (Å²) in [5, 5.41) is 11.0. The van der Waals surface area contributed by atoms with Crippen molar-refractivity contribution < 1.29 is 19.1 Å². The van der Waals surface area contributed by atoms with Gasteiger partial charge in [-0.25, -0.2) is 0 Å². The van der Waals surface area contributed by atoms with Gasteiger partial charge in [-0.2, -0.15) is 0 Å². The zero-order valence-corrected chi connectivity index (χ0v) is 20.1. The fourth-order valence-electron chi connectivity index (χ4n) is 3.86. The molecule has 184 valence electrons. The average Bonchev–Trinajstić information content (AvgIpc) is 3.35. The molecule has 1 atom stereocenters. The van der Waals surface area contributed by atoms with Crippen molar-refractivity contribution in [2.75, 3.05) is 14.1 Å². The zero-order chi connectivity index (χ0) is 25.0. The molecule has 0 aliphatic rings. The van der Waals surface area contributed by atoms with Gasteiger partial charge in [0.2, 0.25) is 5.91 Å². The van der Waals surface area contributed by atoms with E-state index >= 15 is 0 Å². The van der Waals surface area contributed by atoms with Gasteiger partial charge < -0.3 is 14.8 Å². The second-order valence-corrected chi connectivity index (χ2v) is 8.23. The van der Waals surface area contributed by atoms with E-state index in [1.54, 1.807) is 37.0 Å². The first kappa shape index (κ1) is 25.8. The highest BCUT2D eigenvalue weighted by atomic mass is 16.5. The number of aldehydes is 2. The SMILES string of the molecule is CNC(=O)C(CCC=O)N(C)Cc1c(C=O)cccc1OCc1cn(CCc2ccccc2)nn1. The average molecular weight is 478 g/mol. The van der Waals surface area contributed by atoms with Crippen LogP contribution in [0.15, 0.2) is 54.7 Å². The smallest absolute Gasteiger partial charge is 0.237 e. The summed E-state index contributed by atoms with van der Waals surface area (Å²) in [5.74, 6) is 0.346. The Balaban J connectivity index is 1.68. The van der Waals surface area contributed by atoms with Crippen molar-refractivity contribution >= 4 is 18.5 Å². The molecule has 3 aromatic rings.